The number of hydrogen-bond donors (Lipinski definition) is 3. The third kappa shape index (κ3) is 8.51. The van der Waals surface area contributed by atoms with Crippen molar-refractivity contribution in [3.63, 3.8) is 0 Å². The predicted octanol–water partition coefficient (Wildman–Crippen LogP) is 2.13. The minimum Gasteiger partial charge on any atom is -0.379 e. The summed E-state index contributed by atoms with van der Waals surface area (Å²) >= 11 is 0. The van der Waals surface area contributed by atoms with E-state index in [2.05, 4.69) is 41.6 Å². The van der Waals surface area contributed by atoms with Gasteiger partial charge in [0.15, 0.2) is 5.96 Å². The van der Waals surface area contributed by atoms with Crippen molar-refractivity contribution in [2.45, 2.75) is 77.8 Å². The first-order valence-corrected chi connectivity index (χ1v) is 11.8. The molecule has 29 heavy (non-hydrogen) atoms. The fraction of sp³-hybridized carbons (Fsp3) is 0.909. The number of hydrogen-bond acceptors (Lipinski definition) is 4. The van der Waals surface area contributed by atoms with Gasteiger partial charge in [-0.3, -0.25) is 14.7 Å². The molecule has 1 aliphatic carbocycles. The van der Waals surface area contributed by atoms with Gasteiger partial charge in [0, 0.05) is 44.7 Å². The van der Waals surface area contributed by atoms with Crippen LogP contribution in [0.5, 0.6) is 0 Å². The zero-order chi connectivity index (χ0) is 20.9. The number of ether oxygens (including phenoxy) is 1. The van der Waals surface area contributed by atoms with Gasteiger partial charge in [0.25, 0.3) is 0 Å². The zero-order valence-corrected chi connectivity index (χ0v) is 18.8. The molecule has 1 saturated carbocycles. The number of aliphatic imine (C=N–C) groups is 1. The molecule has 1 unspecified atom stereocenters. The minimum atomic E-state index is 0.142. The van der Waals surface area contributed by atoms with E-state index in [1.165, 1.54) is 25.7 Å². The molecule has 1 aliphatic heterocycles. The topological polar surface area (TPSA) is 78.0 Å². The third-order valence-corrected chi connectivity index (χ3v) is 6.25. The van der Waals surface area contributed by atoms with Crippen molar-refractivity contribution in [3.8, 4) is 0 Å². The van der Waals surface area contributed by atoms with Crippen molar-refractivity contribution < 1.29 is 9.53 Å². The molecule has 168 valence electrons. The zero-order valence-electron chi connectivity index (χ0n) is 18.8. The fourth-order valence-electron chi connectivity index (χ4n) is 4.50. The van der Waals surface area contributed by atoms with Crippen molar-refractivity contribution >= 4 is 11.9 Å². The van der Waals surface area contributed by atoms with Crippen molar-refractivity contribution in [1.82, 2.24) is 20.9 Å². The molecule has 2 rings (SSSR count). The Morgan fingerprint density at radius 1 is 1.10 bits per heavy atom. The molecular weight excluding hydrogens is 366 g/mol. The minimum absolute atomic E-state index is 0.142. The van der Waals surface area contributed by atoms with Gasteiger partial charge in [0.05, 0.1) is 19.8 Å². The second-order valence-electron chi connectivity index (χ2n) is 8.24. The number of rotatable bonds is 11. The molecule has 1 atom stereocenters. The lowest BCUT2D eigenvalue weighted by Gasteiger charge is -2.38. The van der Waals surface area contributed by atoms with Crippen molar-refractivity contribution in [2.24, 2.45) is 10.9 Å². The molecule has 1 saturated heterocycles. The highest BCUT2D eigenvalue weighted by molar-refractivity contribution is 5.81. The number of nitrogens with one attached hydrogen (secondary N) is 3. The van der Waals surface area contributed by atoms with Gasteiger partial charge < -0.3 is 20.7 Å². The van der Waals surface area contributed by atoms with Crippen molar-refractivity contribution in [2.75, 3.05) is 45.9 Å². The quantitative estimate of drug-likeness (QED) is 0.360. The van der Waals surface area contributed by atoms with Gasteiger partial charge in [0.2, 0.25) is 5.91 Å². The van der Waals surface area contributed by atoms with Crippen LogP contribution in [0.1, 0.15) is 65.7 Å². The van der Waals surface area contributed by atoms with Crippen LogP contribution in [0.2, 0.25) is 0 Å². The largest absolute Gasteiger partial charge is 0.379 e. The normalized spacial score (nSPS) is 20.1. The van der Waals surface area contributed by atoms with Gasteiger partial charge in [-0.1, -0.05) is 39.5 Å². The number of carbonyl (C=O) groups excluding carboxylic acids is 1. The van der Waals surface area contributed by atoms with E-state index in [4.69, 9.17) is 9.73 Å². The molecule has 0 radical (unpaired) electrons. The van der Waals surface area contributed by atoms with Crippen LogP contribution >= 0.6 is 0 Å². The Labute approximate surface area is 177 Å². The van der Waals surface area contributed by atoms with Gasteiger partial charge in [-0.05, 0) is 25.7 Å². The summed E-state index contributed by atoms with van der Waals surface area (Å²) in [5.74, 6) is 1.59. The molecule has 3 N–H and O–H groups in total. The second kappa shape index (κ2) is 13.8. The molecular formula is C22H43N5O2. The summed E-state index contributed by atoms with van der Waals surface area (Å²) in [5, 5.41) is 9.82. The maximum atomic E-state index is 12.1. The summed E-state index contributed by atoms with van der Waals surface area (Å²) in [6, 6.07) is 0.828. The molecule has 1 amide bonds. The average molecular weight is 410 g/mol. The molecule has 7 nitrogen and oxygen atoms in total. The van der Waals surface area contributed by atoms with E-state index in [0.717, 1.165) is 58.2 Å². The van der Waals surface area contributed by atoms with Gasteiger partial charge >= 0.3 is 0 Å². The van der Waals surface area contributed by atoms with E-state index in [-0.39, 0.29) is 5.91 Å². The lowest BCUT2D eigenvalue weighted by molar-refractivity contribution is -0.121. The smallest absolute Gasteiger partial charge is 0.221 e. The SMILES string of the molecule is CCNC(=NCC(C(CC)CC)N1CCOCC1)NCCC(=O)NC1CCCC1. The van der Waals surface area contributed by atoms with E-state index in [1.807, 2.05) is 0 Å². The predicted molar refractivity (Wildman–Crippen MR) is 119 cm³/mol. The highest BCUT2D eigenvalue weighted by Gasteiger charge is 2.26. The van der Waals surface area contributed by atoms with Crippen LogP contribution in [0, 0.1) is 5.92 Å². The fourth-order valence-corrected chi connectivity index (χ4v) is 4.50. The Bertz CT molecular complexity index is 484. The molecule has 1 heterocycles. The van der Waals surface area contributed by atoms with E-state index >= 15 is 0 Å². The first-order valence-electron chi connectivity index (χ1n) is 11.8. The van der Waals surface area contributed by atoms with Crippen LogP contribution in [0.3, 0.4) is 0 Å². The maximum Gasteiger partial charge on any atom is 0.221 e. The maximum absolute atomic E-state index is 12.1. The van der Waals surface area contributed by atoms with Crippen LogP contribution in [-0.2, 0) is 9.53 Å². The van der Waals surface area contributed by atoms with Crippen molar-refractivity contribution in [1.29, 1.82) is 0 Å². The lowest BCUT2D eigenvalue weighted by Crippen LogP contribution is -2.49. The lowest BCUT2D eigenvalue weighted by atomic mass is 9.92. The highest BCUT2D eigenvalue weighted by Crippen LogP contribution is 2.20. The Hall–Kier alpha value is -1.34. The first-order chi connectivity index (χ1) is 14.2. The molecule has 0 bridgehead atoms. The molecule has 0 aromatic carbocycles. The van der Waals surface area contributed by atoms with Crippen LogP contribution in [0.25, 0.3) is 0 Å². The summed E-state index contributed by atoms with van der Waals surface area (Å²) < 4.78 is 5.54. The molecule has 2 aliphatic rings. The van der Waals surface area contributed by atoms with Gasteiger partial charge in [-0.15, -0.1) is 0 Å². The molecule has 0 spiro atoms. The van der Waals surface area contributed by atoms with E-state index in [1.54, 1.807) is 0 Å². The second-order valence-corrected chi connectivity index (χ2v) is 8.24. The Morgan fingerprint density at radius 2 is 1.79 bits per heavy atom. The van der Waals surface area contributed by atoms with E-state index < -0.39 is 0 Å². The number of amides is 1. The number of guanidine groups is 1. The molecule has 7 heteroatoms. The van der Waals surface area contributed by atoms with Gasteiger partial charge in [-0.25, -0.2) is 0 Å². The first kappa shape index (κ1) is 23.9. The van der Waals surface area contributed by atoms with Crippen LogP contribution in [-0.4, -0.2) is 74.8 Å². The van der Waals surface area contributed by atoms with Crippen LogP contribution in [0.15, 0.2) is 4.99 Å². The Morgan fingerprint density at radius 3 is 2.41 bits per heavy atom. The van der Waals surface area contributed by atoms with Crippen LogP contribution in [0.4, 0.5) is 0 Å². The summed E-state index contributed by atoms with van der Waals surface area (Å²) in [6.45, 7) is 12.4. The van der Waals surface area contributed by atoms with Crippen molar-refractivity contribution in [3.05, 3.63) is 0 Å². The summed E-state index contributed by atoms with van der Waals surface area (Å²) in [7, 11) is 0. The molecule has 2 fully saturated rings. The average Bonchev–Trinajstić information content (AvgIpc) is 3.24. The van der Waals surface area contributed by atoms with E-state index in [9.17, 15) is 4.79 Å². The van der Waals surface area contributed by atoms with Crippen LogP contribution < -0.4 is 16.0 Å². The monoisotopic (exact) mass is 409 g/mol. The number of carbonyl (C=O) groups is 1. The number of morpholine rings is 1. The summed E-state index contributed by atoms with van der Waals surface area (Å²) in [5.41, 5.74) is 0. The Kier molecular flexibility index (Phi) is 11.4. The standard InChI is InChI=1S/C22H43N5O2/c1-4-18(5-2)20(27-13-15-29-16-14-27)17-25-22(23-6-3)24-12-11-21(28)26-19-9-7-8-10-19/h18-20H,4-17H2,1-3H3,(H,26,28)(H2,23,24,25). The summed E-state index contributed by atoms with van der Waals surface area (Å²) in [4.78, 5) is 19.6. The van der Waals surface area contributed by atoms with Gasteiger partial charge in [-0.2, -0.15) is 0 Å². The third-order valence-electron chi connectivity index (χ3n) is 6.25. The Balaban J connectivity index is 1.85. The molecule has 0 aromatic rings. The summed E-state index contributed by atoms with van der Waals surface area (Å²) in [6.07, 6.45) is 7.55. The highest BCUT2D eigenvalue weighted by atomic mass is 16.5. The van der Waals surface area contributed by atoms with Gasteiger partial charge in [0.1, 0.15) is 0 Å². The number of nitrogens with zero attached hydrogens (tertiary/aromatic N) is 2. The van der Waals surface area contributed by atoms with E-state index in [0.29, 0.717) is 31.0 Å². The molecule has 0 aromatic heterocycles.